The molecule has 8 heteroatoms. The fourth-order valence-electron chi connectivity index (χ4n) is 2.36. The lowest BCUT2D eigenvalue weighted by Gasteiger charge is -2.14. The molecular weight excluding hydrogens is 357 g/mol. The molecule has 5 nitrogen and oxygen atoms in total. The van der Waals surface area contributed by atoms with Crippen LogP contribution in [0.2, 0.25) is 0 Å². The van der Waals surface area contributed by atoms with Gasteiger partial charge in [-0.05, 0) is 24.6 Å². The number of amides is 1. The van der Waals surface area contributed by atoms with Gasteiger partial charge in [0.05, 0.1) is 17.3 Å². The first-order valence-corrected chi connectivity index (χ1v) is 8.04. The van der Waals surface area contributed by atoms with Crippen molar-refractivity contribution in [2.75, 3.05) is 10.6 Å². The summed E-state index contributed by atoms with van der Waals surface area (Å²) in [5.74, 6) is -4.90. The Balaban J connectivity index is 1.68. The van der Waals surface area contributed by atoms with E-state index in [1.807, 2.05) is 37.3 Å². The van der Waals surface area contributed by atoms with Crippen LogP contribution in [0.15, 0.2) is 54.9 Å². The molecule has 0 spiro atoms. The van der Waals surface area contributed by atoms with Crippen LogP contribution < -0.4 is 10.6 Å². The zero-order valence-electron chi connectivity index (χ0n) is 14.2. The summed E-state index contributed by atoms with van der Waals surface area (Å²) in [7, 11) is 0. The molecule has 3 rings (SSSR count). The van der Waals surface area contributed by atoms with Crippen molar-refractivity contribution < 1.29 is 18.0 Å². The van der Waals surface area contributed by atoms with Crippen molar-refractivity contribution in [1.29, 1.82) is 0 Å². The number of aromatic nitrogens is 2. The van der Waals surface area contributed by atoms with Crippen LogP contribution in [0.5, 0.6) is 0 Å². The van der Waals surface area contributed by atoms with E-state index in [-0.39, 0.29) is 11.6 Å². The second-order valence-corrected chi connectivity index (χ2v) is 5.75. The number of halogens is 3. The first-order chi connectivity index (χ1) is 13.0. The molecule has 27 heavy (non-hydrogen) atoms. The van der Waals surface area contributed by atoms with Gasteiger partial charge in [-0.15, -0.1) is 0 Å². The van der Waals surface area contributed by atoms with Crippen molar-refractivity contribution in [3.63, 3.8) is 0 Å². The van der Waals surface area contributed by atoms with Gasteiger partial charge in [0.1, 0.15) is 0 Å². The molecule has 0 aliphatic rings. The van der Waals surface area contributed by atoms with E-state index in [0.29, 0.717) is 5.95 Å². The third-order valence-electron chi connectivity index (χ3n) is 3.84. The number of nitrogens with one attached hydrogen (secondary N) is 2. The average Bonchev–Trinajstić information content (AvgIpc) is 2.69. The minimum absolute atomic E-state index is 0.0389. The molecule has 0 aliphatic carbocycles. The van der Waals surface area contributed by atoms with Crippen LogP contribution in [0.3, 0.4) is 0 Å². The molecule has 1 heterocycles. The van der Waals surface area contributed by atoms with Gasteiger partial charge in [0.25, 0.3) is 5.91 Å². The second-order valence-electron chi connectivity index (χ2n) is 5.75. The number of nitrogens with zero attached hydrogens (tertiary/aromatic N) is 2. The van der Waals surface area contributed by atoms with E-state index in [1.165, 1.54) is 12.4 Å². The van der Waals surface area contributed by atoms with Crippen LogP contribution in [0.1, 0.15) is 28.9 Å². The van der Waals surface area contributed by atoms with Crippen LogP contribution in [0.25, 0.3) is 0 Å². The fourth-order valence-corrected chi connectivity index (χ4v) is 2.36. The molecule has 2 aromatic carbocycles. The number of carbonyl (C=O) groups is 1. The number of rotatable bonds is 5. The Morgan fingerprint density at radius 3 is 2.30 bits per heavy atom. The molecule has 1 atom stereocenters. The molecule has 0 bridgehead atoms. The van der Waals surface area contributed by atoms with Crippen LogP contribution in [0.4, 0.5) is 24.8 Å². The van der Waals surface area contributed by atoms with Crippen molar-refractivity contribution in [3.8, 4) is 0 Å². The van der Waals surface area contributed by atoms with Gasteiger partial charge < -0.3 is 10.6 Å². The molecular formula is C19H15F3N4O. The zero-order chi connectivity index (χ0) is 19.4. The Hall–Kier alpha value is -3.42. The predicted molar refractivity (Wildman–Crippen MR) is 94.8 cm³/mol. The monoisotopic (exact) mass is 372 g/mol. The Morgan fingerprint density at radius 2 is 1.63 bits per heavy atom. The maximum absolute atomic E-state index is 13.6. The van der Waals surface area contributed by atoms with Gasteiger partial charge in [0.2, 0.25) is 5.95 Å². The van der Waals surface area contributed by atoms with E-state index in [2.05, 4.69) is 20.6 Å². The lowest BCUT2D eigenvalue weighted by atomic mass is 10.1. The highest BCUT2D eigenvalue weighted by molar-refractivity contribution is 6.03. The molecule has 0 fully saturated rings. The van der Waals surface area contributed by atoms with Crippen molar-refractivity contribution in [2.45, 2.75) is 13.0 Å². The smallest absolute Gasteiger partial charge is 0.258 e. The van der Waals surface area contributed by atoms with Crippen LogP contribution in [0, 0.1) is 17.5 Å². The predicted octanol–water partition coefficient (Wildman–Crippen LogP) is 4.32. The highest BCUT2D eigenvalue weighted by atomic mass is 19.2. The maximum Gasteiger partial charge on any atom is 0.258 e. The molecule has 3 aromatic rings. The summed E-state index contributed by atoms with van der Waals surface area (Å²) < 4.78 is 39.8. The Morgan fingerprint density at radius 1 is 0.963 bits per heavy atom. The van der Waals surface area contributed by atoms with Gasteiger partial charge in [0.15, 0.2) is 17.5 Å². The van der Waals surface area contributed by atoms with E-state index < -0.39 is 29.0 Å². The summed E-state index contributed by atoms with van der Waals surface area (Å²) in [5, 5.41) is 5.25. The largest absolute Gasteiger partial charge is 0.348 e. The molecule has 1 amide bonds. The van der Waals surface area contributed by atoms with Gasteiger partial charge in [-0.2, -0.15) is 0 Å². The van der Waals surface area contributed by atoms with E-state index in [0.717, 1.165) is 17.7 Å². The summed E-state index contributed by atoms with van der Waals surface area (Å²) in [6.45, 7) is 1.94. The Bertz CT molecular complexity index is 949. The Labute approximate surface area is 153 Å². The average molecular weight is 372 g/mol. The van der Waals surface area contributed by atoms with Crippen molar-refractivity contribution in [1.82, 2.24) is 9.97 Å². The summed E-state index contributed by atoms with van der Waals surface area (Å²) in [4.78, 5) is 20.2. The fraction of sp³-hybridized carbons (Fsp3) is 0.105. The van der Waals surface area contributed by atoms with Gasteiger partial charge in [-0.3, -0.25) is 4.79 Å². The highest BCUT2D eigenvalue weighted by Gasteiger charge is 2.16. The standard InChI is InChI=1S/C19H15F3N4O/c1-11(12-5-3-2-4-6-12)25-19-23-9-13(10-24-19)18(27)26-15-8-7-14(20)16(21)17(15)22/h2-11H,1H3,(H,26,27)(H,23,24,25). The second kappa shape index (κ2) is 7.86. The van der Waals surface area contributed by atoms with Crippen LogP contribution in [-0.4, -0.2) is 15.9 Å². The SMILES string of the molecule is CC(Nc1ncc(C(=O)Nc2ccc(F)c(F)c2F)cn1)c1ccccc1. The molecule has 0 radical (unpaired) electrons. The molecule has 2 N–H and O–H groups in total. The first-order valence-electron chi connectivity index (χ1n) is 8.04. The van der Waals surface area contributed by atoms with E-state index in [9.17, 15) is 18.0 Å². The molecule has 0 saturated heterocycles. The number of anilines is 2. The van der Waals surface area contributed by atoms with Gasteiger partial charge in [-0.25, -0.2) is 23.1 Å². The van der Waals surface area contributed by atoms with Gasteiger partial charge in [-0.1, -0.05) is 30.3 Å². The molecule has 0 aliphatic heterocycles. The maximum atomic E-state index is 13.6. The van der Waals surface area contributed by atoms with E-state index in [1.54, 1.807) is 0 Å². The molecule has 1 unspecified atom stereocenters. The van der Waals surface area contributed by atoms with E-state index >= 15 is 0 Å². The normalized spacial score (nSPS) is 11.7. The topological polar surface area (TPSA) is 66.9 Å². The first kappa shape index (κ1) is 18.4. The lowest BCUT2D eigenvalue weighted by Crippen LogP contribution is -2.15. The van der Waals surface area contributed by atoms with Crippen molar-refractivity contribution in [2.24, 2.45) is 0 Å². The van der Waals surface area contributed by atoms with Crippen LogP contribution >= 0.6 is 0 Å². The quantitative estimate of drug-likeness (QED) is 0.655. The summed E-state index contributed by atoms with van der Waals surface area (Å²) in [5.41, 5.74) is 0.604. The van der Waals surface area contributed by atoms with E-state index in [4.69, 9.17) is 0 Å². The number of carbonyl (C=O) groups excluding carboxylic acids is 1. The summed E-state index contributed by atoms with van der Waals surface area (Å²) in [6, 6.07) is 11.3. The minimum atomic E-state index is -1.65. The van der Waals surface area contributed by atoms with Gasteiger partial charge in [0, 0.05) is 12.4 Å². The third kappa shape index (κ3) is 4.22. The number of hydrogen-bond donors (Lipinski definition) is 2. The summed E-state index contributed by atoms with van der Waals surface area (Å²) >= 11 is 0. The number of hydrogen-bond acceptors (Lipinski definition) is 4. The van der Waals surface area contributed by atoms with Crippen molar-refractivity contribution in [3.05, 3.63) is 83.4 Å². The molecule has 138 valence electrons. The zero-order valence-corrected chi connectivity index (χ0v) is 14.2. The molecule has 0 saturated carbocycles. The minimum Gasteiger partial charge on any atom is -0.348 e. The lowest BCUT2D eigenvalue weighted by molar-refractivity contribution is 0.102. The Kier molecular flexibility index (Phi) is 5.35. The number of benzene rings is 2. The molecule has 1 aromatic heterocycles. The van der Waals surface area contributed by atoms with Crippen LogP contribution in [-0.2, 0) is 0 Å². The highest BCUT2D eigenvalue weighted by Crippen LogP contribution is 2.20. The summed E-state index contributed by atoms with van der Waals surface area (Å²) in [6.07, 6.45) is 2.50. The van der Waals surface area contributed by atoms with Crippen molar-refractivity contribution >= 4 is 17.5 Å². The van der Waals surface area contributed by atoms with Gasteiger partial charge >= 0.3 is 0 Å². The third-order valence-corrected chi connectivity index (χ3v) is 3.84.